The van der Waals surface area contributed by atoms with Crippen LogP contribution in [0.25, 0.3) is 0 Å². The van der Waals surface area contributed by atoms with Gasteiger partial charge in [0.25, 0.3) is 0 Å². The van der Waals surface area contributed by atoms with Crippen LogP contribution in [-0.4, -0.2) is 41.2 Å². The zero-order valence-electron chi connectivity index (χ0n) is 10.3. The topological polar surface area (TPSA) is 120 Å². The van der Waals surface area contributed by atoms with E-state index in [9.17, 15) is 9.59 Å². The summed E-state index contributed by atoms with van der Waals surface area (Å²) in [5, 5.41) is 6.15. The predicted molar refractivity (Wildman–Crippen MR) is 60.4 cm³/mol. The van der Waals surface area contributed by atoms with E-state index >= 15 is 0 Å². The van der Waals surface area contributed by atoms with E-state index in [1.807, 2.05) is 0 Å². The van der Waals surface area contributed by atoms with Gasteiger partial charge in [0.15, 0.2) is 11.9 Å². The smallest absolute Gasteiger partial charge is 0.332 e. The lowest BCUT2D eigenvalue weighted by atomic mass is 10.3. The molecule has 8 nitrogen and oxygen atoms in total. The van der Waals surface area contributed by atoms with Crippen molar-refractivity contribution in [2.75, 3.05) is 13.2 Å². The van der Waals surface area contributed by atoms with Crippen molar-refractivity contribution in [3.05, 3.63) is 11.7 Å². The molecular formula is C10H16N4O4. The SMILES string of the molecule is CCOC(=O)C(N)C(=O)NCCc1noc(C)n1. The molecule has 0 radical (unpaired) electrons. The van der Waals surface area contributed by atoms with Crippen molar-refractivity contribution in [2.24, 2.45) is 5.73 Å². The average molecular weight is 256 g/mol. The van der Waals surface area contributed by atoms with Crippen LogP contribution in [0.3, 0.4) is 0 Å². The van der Waals surface area contributed by atoms with E-state index in [0.717, 1.165) is 0 Å². The van der Waals surface area contributed by atoms with Gasteiger partial charge in [0.2, 0.25) is 11.8 Å². The summed E-state index contributed by atoms with van der Waals surface area (Å²) in [5.74, 6) is -0.392. The highest BCUT2D eigenvalue weighted by molar-refractivity contribution is 6.01. The molecular weight excluding hydrogens is 240 g/mol. The van der Waals surface area contributed by atoms with E-state index in [1.165, 1.54) is 0 Å². The van der Waals surface area contributed by atoms with Gasteiger partial charge in [0.1, 0.15) is 0 Å². The van der Waals surface area contributed by atoms with Crippen LogP contribution < -0.4 is 11.1 Å². The number of nitrogens with zero attached hydrogens (tertiary/aromatic N) is 2. The molecule has 1 rings (SSSR count). The molecule has 0 saturated carbocycles. The number of hydrogen-bond donors (Lipinski definition) is 2. The van der Waals surface area contributed by atoms with Gasteiger partial charge in [-0.25, -0.2) is 4.79 Å². The molecule has 0 bridgehead atoms. The summed E-state index contributed by atoms with van der Waals surface area (Å²) in [7, 11) is 0. The first-order valence-electron chi connectivity index (χ1n) is 5.53. The van der Waals surface area contributed by atoms with Gasteiger partial charge < -0.3 is 20.3 Å². The first-order valence-corrected chi connectivity index (χ1v) is 5.53. The van der Waals surface area contributed by atoms with Crippen LogP contribution in [0.15, 0.2) is 4.52 Å². The Morgan fingerprint density at radius 2 is 2.28 bits per heavy atom. The maximum absolute atomic E-state index is 11.5. The molecule has 0 aliphatic heterocycles. The fourth-order valence-electron chi connectivity index (χ4n) is 1.19. The minimum Gasteiger partial charge on any atom is -0.464 e. The summed E-state index contributed by atoms with van der Waals surface area (Å²) in [6.45, 7) is 3.76. The van der Waals surface area contributed by atoms with Crippen molar-refractivity contribution < 1.29 is 18.8 Å². The zero-order chi connectivity index (χ0) is 13.5. The lowest BCUT2D eigenvalue weighted by Gasteiger charge is -2.10. The van der Waals surface area contributed by atoms with Crippen LogP contribution in [0.1, 0.15) is 18.6 Å². The standard InChI is InChI=1S/C10H16N4O4/c1-3-17-10(16)8(11)9(15)12-5-4-7-13-6(2)18-14-7/h8H,3-5,11H2,1-2H3,(H,12,15). The summed E-state index contributed by atoms with van der Waals surface area (Å²) >= 11 is 0. The van der Waals surface area contributed by atoms with Crippen molar-refractivity contribution in [2.45, 2.75) is 26.3 Å². The number of esters is 1. The van der Waals surface area contributed by atoms with Crippen LogP contribution in [0.2, 0.25) is 0 Å². The minimum atomic E-state index is -1.31. The molecule has 1 unspecified atom stereocenters. The van der Waals surface area contributed by atoms with Crippen molar-refractivity contribution in [1.82, 2.24) is 15.5 Å². The molecule has 18 heavy (non-hydrogen) atoms. The zero-order valence-corrected chi connectivity index (χ0v) is 10.3. The van der Waals surface area contributed by atoms with E-state index in [0.29, 0.717) is 18.1 Å². The van der Waals surface area contributed by atoms with Gasteiger partial charge in [-0.2, -0.15) is 4.98 Å². The Morgan fingerprint density at radius 3 is 2.83 bits per heavy atom. The second kappa shape index (κ2) is 6.70. The van der Waals surface area contributed by atoms with Gasteiger partial charge in [-0.15, -0.1) is 0 Å². The number of aryl methyl sites for hydroxylation is 1. The molecule has 1 amide bonds. The Bertz CT molecular complexity index is 418. The first kappa shape index (κ1) is 14.1. The van der Waals surface area contributed by atoms with Crippen molar-refractivity contribution in [1.29, 1.82) is 0 Å². The van der Waals surface area contributed by atoms with Gasteiger partial charge in [-0.05, 0) is 6.92 Å². The van der Waals surface area contributed by atoms with Crippen LogP contribution >= 0.6 is 0 Å². The summed E-state index contributed by atoms with van der Waals surface area (Å²) in [6.07, 6.45) is 0.401. The van der Waals surface area contributed by atoms with Crippen molar-refractivity contribution in [3.8, 4) is 0 Å². The predicted octanol–water partition coefficient (Wildman–Crippen LogP) is -1.07. The highest BCUT2D eigenvalue weighted by Crippen LogP contribution is 1.95. The normalized spacial score (nSPS) is 11.9. The highest BCUT2D eigenvalue weighted by Gasteiger charge is 2.22. The number of ether oxygens (including phenoxy) is 1. The number of amides is 1. The summed E-state index contributed by atoms with van der Waals surface area (Å²) < 4.78 is 9.40. The number of carbonyl (C=O) groups is 2. The molecule has 0 aromatic carbocycles. The number of nitrogens with two attached hydrogens (primary N) is 1. The van der Waals surface area contributed by atoms with E-state index in [2.05, 4.69) is 20.2 Å². The molecule has 0 aliphatic rings. The molecule has 1 aromatic rings. The first-order chi connectivity index (χ1) is 8.54. The third-order valence-corrected chi connectivity index (χ3v) is 2.04. The summed E-state index contributed by atoms with van der Waals surface area (Å²) in [6, 6.07) is -1.31. The van der Waals surface area contributed by atoms with Gasteiger partial charge in [-0.3, -0.25) is 4.79 Å². The van der Waals surface area contributed by atoms with Gasteiger partial charge in [0.05, 0.1) is 6.61 Å². The molecule has 1 heterocycles. The van der Waals surface area contributed by atoms with Crippen LogP contribution in [0, 0.1) is 6.92 Å². The van der Waals surface area contributed by atoms with E-state index in [4.69, 9.17) is 10.3 Å². The quantitative estimate of drug-likeness (QED) is 0.491. The third kappa shape index (κ3) is 4.13. The van der Waals surface area contributed by atoms with Gasteiger partial charge >= 0.3 is 5.97 Å². The molecule has 1 atom stereocenters. The maximum atomic E-state index is 11.5. The number of nitrogens with one attached hydrogen (secondary N) is 1. The van der Waals surface area contributed by atoms with E-state index in [-0.39, 0.29) is 13.2 Å². The Hall–Kier alpha value is -1.96. The number of rotatable bonds is 6. The number of aromatic nitrogens is 2. The summed E-state index contributed by atoms with van der Waals surface area (Å²) in [4.78, 5) is 26.6. The van der Waals surface area contributed by atoms with Crippen LogP contribution in [-0.2, 0) is 20.7 Å². The van der Waals surface area contributed by atoms with Crippen molar-refractivity contribution in [3.63, 3.8) is 0 Å². The van der Waals surface area contributed by atoms with Crippen LogP contribution in [0.4, 0.5) is 0 Å². The molecule has 1 aromatic heterocycles. The fraction of sp³-hybridized carbons (Fsp3) is 0.600. The molecule has 0 saturated heterocycles. The Labute approximate surface area is 104 Å². The molecule has 0 fully saturated rings. The third-order valence-electron chi connectivity index (χ3n) is 2.04. The molecule has 3 N–H and O–H groups in total. The lowest BCUT2D eigenvalue weighted by molar-refractivity contribution is -0.147. The molecule has 0 aliphatic carbocycles. The molecule has 8 heteroatoms. The van der Waals surface area contributed by atoms with Crippen molar-refractivity contribution >= 4 is 11.9 Å². The van der Waals surface area contributed by atoms with Crippen LogP contribution in [0.5, 0.6) is 0 Å². The highest BCUT2D eigenvalue weighted by atomic mass is 16.5. The molecule has 0 spiro atoms. The Balaban J connectivity index is 2.30. The lowest BCUT2D eigenvalue weighted by Crippen LogP contribution is -2.47. The van der Waals surface area contributed by atoms with Gasteiger partial charge in [0, 0.05) is 19.9 Å². The Kier molecular flexibility index (Phi) is 5.25. The van der Waals surface area contributed by atoms with Gasteiger partial charge in [-0.1, -0.05) is 5.16 Å². The number of carbonyl (C=O) groups excluding carboxylic acids is 2. The second-order valence-electron chi connectivity index (χ2n) is 3.50. The monoisotopic (exact) mass is 256 g/mol. The number of hydrogen-bond acceptors (Lipinski definition) is 7. The summed E-state index contributed by atoms with van der Waals surface area (Å²) in [5.41, 5.74) is 5.39. The molecule has 100 valence electrons. The average Bonchev–Trinajstić information content (AvgIpc) is 2.74. The fourth-order valence-corrected chi connectivity index (χ4v) is 1.19. The van der Waals surface area contributed by atoms with E-state index < -0.39 is 17.9 Å². The van der Waals surface area contributed by atoms with E-state index in [1.54, 1.807) is 13.8 Å². The Morgan fingerprint density at radius 1 is 1.56 bits per heavy atom. The second-order valence-corrected chi connectivity index (χ2v) is 3.50. The minimum absolute atomic E-state index is 0.182. The largest absolute Gasteiger partial charge is 0.464 e. The maximum Gasteiger partial charge on any atom is 0.332 e.